The molecule has 1 aliphatic carbocycles. The van der Waals surface area contributed by atoms with E-state index in [2.05, 4.69) is 5.32 Å². The van der Waals surface area contributed by atoms with Crippen LogP contribution in [0.25, 0.3) is 0 Å². The Balaban J connectivity index is 1.86. The molecule has 0 unspecified atom stereocenters. The van der Waals surface area contributed by atoms with E-state index in [1.807, 2.05) is 6.92 Å². The minimum absolute atomic E-state index is 0.0681. The molecule has 1 atom stereocenters. The average Bonchev–Trinajstić information content (AvgIpc) is 2.87. The highest BCUT2D eigenvalue weighted by molar-refractivity contribution is 7.92. The first kappa shape index (κ1) is 28.8. The quantitative estimate of drug-likeness (QED) is 0.449. The molecular formula is C27H36ClN3O5S. The van der Waals surface area contributed by atoms with Crippen molar-refractivity contribution in [1.82, 2.24) is 10.2 Å². The smallest absolute Gasteiger partial charge is 0.244 e. The zero-order valence-corrected chi connectivity index (χ0v) is 23.2. The van der Waals surface area contributed by atoms with Crippen molar-refractivity contribution in [1.29, 1.82) is 0 Å². The van der Waals surface area contributed by atoms with Gasteiger partial charge in [-0.15, -0.1) is 0 Å². The van der Waals surface area contributed by atoms with Crippen LogP contribution in [0, 0.1) is 0 Å². The van der Waals surface area contributed by atoms with E-state index < -0.39 is 28.5 Å². The van der Waals surface area contributed by atoms with E-state index >= 15 is 0 Å². The van der Waals surface area contributed by atoms with Crippen LogP contribution in [0.5, 0.6) is 5.75 Å². The molecule has 0 aromatic heterocycles. The number of halogens is 1. The zero-order valence-electron chi connectivity index (χ0n) is 21.7. The fourth-order valence-electron chi connectivity index (χ4n) is 4.45. The Morgan fingerprint density at radius 2 is 1.73 bits per heavy atom. The van der Waals surface area contributed by atoms with Crippen LogP contribution in [-0.2, 0) is 26.2 Å². The number of amides is 2. The number of rotatable bonds is 11. The van der Waals surface area contributed by atoms with Gasteiger partial charge in [0.15, 0.2) is 0 Å². The maximum Gasteiger partial charge on any atom is 0.244 e. The third-order valence-electron chi connectivity index (χ3n) is 6.53. The van der Waals surface area contributed by atoms with Gasteiger partial charge < -0.3 is 15.0 Å². The second-order valence-corrected chi connectivity index (χ2v) is 11.6. The molecule has 0 bridgehead atoms. The molecule has 0 spiro atoms. The molecule has 0 aliphatic heterocycles. The first-order chi connectivity index (χ1) is 17.6. The van der Waals surface area contributed by atoms with Crippen molar-refractivity contribution in [2.75, 3.05) is 23.7 Å². The summed E-state index contributed by atoms with van der Waals surface area (Å²) in [6.45, 7) is 3.60. The maximum absolute atomic E-state index is 13.7. The molecule has 2 aromatic carbocycles. The molecular weight excluding hydrogens is 514 g/mol. The Morgan fingerprint density at radius 1 is 1.08 bits per heavy atom. The van der Waals surface area contributed by atoms with Gasteiger partial charge in [-0.25, -0.2) is 8.42 Å². The zero-order chi connectivity index (χ0) is 27.0. The maximum atomic E-state index is 13.7. The summed E-state index contributed by atoms with van der Waals surface area (Å²) >= 11 is 6.37. The monoisotopic (exact) mass is 549 g/mol. The Morgan fingerprint density at radius 3 is 2.32 bits per heavy atom. The van der Waals surface area contributed by atoms with Gasteiger partial charge >= 0.3 is 0 Å². The number of sulfonamides is 1. The van der Waals surface area contributed by atoms with Crippen LogP contribution in [0.1, 0.15) is 51.5 Å². The number of carbonyl (C=O) groups excluding carboxylic acids is 2. The van der Waals surface area contributed by atoms with Gasteiger partial charge in [-0.05, 0) is 62.6 Å². The number of nitrogens with zero attached hydrogens (tertiary/aromatic N) is 2. The number of hydrogen-bond donors (Lipinski definition) is 1. The van der Waals surface area contributed by atoms with E-state index in [0.29, 0.717) is 28.6 Å². The lowest BCUT2D eigenvalue weighted by atomic mass is 9.95. The average molecular weight is 550 g/mol. The van der Waals surface area contributed by atoms with Gasteiger partial charge in [0.05, 0.1) is 18.6 Å². The molecule has 10 heteroatoms. The highest BCUT2D eigenvalue weighted by Crippen LogP contribution is 2.24. The molecule has 1 aliphatic rings. The summed E-state index contributed by atoms with van der Waals surface area (Å²) in [6, 6.07) is 12.9. The van der Waals surface area contributed by atoms with E-state index in [4.69, 9.17) is 16.3 Å². The second-order valence-electron chi connectivity index (χ2n) is 9.33. The largest absolute Gasteiger partial charge is 0.494 e. The van der Waals surface area contributed by atoms with Crippen molar-refractivity contribution in [2.24, 2.45) is 0 Å². The van der Waals surface area contributed by atoms with Crippen molar-refractivity contribution in [3.8, 4) is 5.75 Å². The van der Waals surface area contributed by atoms with Gasteiger partial charge in [-0.1, -0.05) is 49.1 Å². The highest BCUT2D eigenvalue weighted by atomic mass is 35.5. The van der Waals surface area contributed by atoms with Crippen molar-refractivity contribution in [3.05, 3.63) is 59.1 Å². The van der Waals surface area contributed by atoms with Gasteiger partial charge in [0, 0.05) is 17.6 Å². The molecule has 0 radical (unpaired) electrons. The van der Waals surface area contributed by atoms with E-state index in [0.717, 1.165) is 42.7 Å². The van der Waals surface area contributed by atoms with Crippen LogP contribution in [0.2, 0.25) is 5.02 Å². The summed E-state index contributed by atoms with van der Waals surface area (Å²) in [5.74, 6) is -0.177. The van der Waals surface area contributed by atoms with Crippen LogP contribution in [0.4, 0.5) is 5.69 Å². The van der Waals surface area contributed by atoms with Crippen molar-refractivity contribution >= 4 is 39.1 Å². The molecule has 0 saturated heterocycles. The van der Waals surface area contributed by atoms with E-state index in [9.17, 15) is 18.0 Å². The first-order valence-corrected chi connectivity index (χ1v) is 14.9. The predicted molar refractivity (Wildman–Crippen MR) is 146 cm³/mol. The fourth-order valence-corrected chi connectivity index (χ4v) is 5.50. The molecule has 2 aromatic rings. The van der Waals surface area contributed by atoms with Crippen molar-refractivity contribution in [2.45, 2.75) is 64.6 Å². The minimum atomic E-state index is -3.80. The minimum Gasteiger partial charge on any atom is -0.494 e. The highest BCUT2D eigenvalue weighted by Gasteiger charge is 2.31. The summed E-state index contributed by atoms with van der Waals surface area (Å²) in [6.07, 6.45) is 6.16. The first-order valence-electron chi connectivity index (χ1n) is 12.6. The Hall–Kier alpha value is -2.78. The van der Waals surface area contributed by atoms with Crippen LogP contribution in [-0.4, -0.2) is 56.6 Å². The summed E-state index contributed by atoms with van der Waals surface area (Å²) in [5.41, 5.74) is 0.998. The molecule has 1 saturated carbocycles. The van der Waals surface area contributed by atoms with Crippen molar-refractivity contribution in [3.63, 3.8) is 0 Å². The number of anilines is 1. The predicted octanol–water partition coefficient (Wildman–Crippen LogP) is 4.37. The van der Waals surface area contributed by atoms with E-state index in [1.54, 1.807) is 55.5 Å². The summed E-state index contributed by atoms with van der Waals surface area (Å²) in [7, 11) is -3.80. The van der Waals surface area contributed by atoms with Crippen LogP contribution in [0.3, 0.4) is 0 Å². The standard InChI is InChI=1S/C27H36ClN3O5S/c1-4-36-24-16-14-23(15-17-24)31(37(3,34)35)19-26(32)30(18-21-10-8-9-13-25(21)28)20(2)27(33)29-22-11-6-5-7-12-22/h8-10,13-17,20,22H,4-7,11-12,18-19H2,1-3H3,(H,29,33)/t20-/m0/s1. The SMILES string of the molecule is CCOc1ccc(N(CC(=O)N(Cc2ccccc2Cl)[C@@H](C)C(=O)NC2CCCCC2)S(C)(=O)=O)cc1. The third-order valence-corrected chi connectivity index (χ3v) is 8.04. The van der Waals surface area contributed by atoms with Gasteiger partial charge in [0.25, 0.3) is 0 Å². The Kier molecular flexibility index (Phi) is 10.2. The molecule has 202 valence electrons. The van der Waals surface area contributed by atoms with Crippen LogP contribution >= 0.6 is 11.6 Å². The Bertz CT molecular complexity index is 1170. The van der Waals surface area contributed by atoms with Gasteiger partial charge in [0.2, 0.25) is 21.8 Å². The topological polar surface area (TPSA) is 96.0 Å². The lowest BCUT2D eigenvalue weighted by molar-refractivity contribution is -0.139. The van der Waals surface area contributed by atoms with Gasteiger partial charge in [0.1, 0.15) is 18.3 Å². The van der Waals surface area contributed by atoms with E-state index in [-0.39, 0.29) is 18.5 Å². The lowest BCUT2D eigenvalue weighted by Crippen LogP contribution is -2.53. The van der Waals surface area contributed by atoms with Crippen LogP contribution in [0.15, 0.2) is 48.5 Å². The molecule has 8 nitrogen and oxygen atoms in total. The number of hydrogen-bond acceptors (Lipinski definition) is 5. The number of nitrogens with one attached hydrogen (secondary N) is 1. The fraction of sp³-hybridized carbons (Fsp3) is 0.481. The van der Waals surface area contributed by atoms with Crippen molar-refractivity contribution < 1.29 is 22.7 Å². The normalized spacial score (nSPS) is 15.0. The summed E-state index contributed by atoms with van der Waals surface area (Å²) in [4.78, 5) is 28.3. The summed E-state index contributed by atoms with van der Waals surface area (Å²) < 4.78 is 31.9. The molecule has 37 heavy (non-hydrogen) atoms. The number of carbonyl (C=O) groups is 2. The Labute approximate surface area is 225 Å². The van der Waals surface area contributed by atoms with Gasteiger partial charge in [-0.2, -0.15) is 0 Å². The number of benzene rings is 2. The van der Waals surface area contributed by atoms with Gasteiger partial charge in [-0.3, -0.25) is 13.9 Å². The lowest BCUT2D eigenvalue weighted by Gasteiger charge is -2.33. The van der Waals surface area contributed by atoms with Crippen LogP contribution < -0.4 is 14.4 Å². The number of ether oxygens (including phenoxy) is 1. The molecule has 1 N–H and O–H groups in total. The molecule has 3 rings (SSSR count). The molecule has 0 heterocycles. The molecule has 1 fully saturated rings. The third kappa shape index (κ3) is 8.10. The van der Waals surface area contributed by atoms with E-state index in [1.165, 1.54) is 4.90 Å². The second kappa shape index (κ2) is 13.1. The summed E-state index contributed by atoms with van der Waals surface area (Å²) in [5, 5.41) is 3.54. The molecule has 2 amide bonds.